The van der Waals surface area contributed by atoms with Crippen LogP contribution in [0.2, 0.25) is 5.02 Å². The van der Waals surface area contributed by atoms with Gasteiger partial charge in [0.2, 0.25) is 5.82 Å². The molecule has 1 aliphatic heterocycles. The highest BCUT2D eigenvalue weighted by molar-refractivity contribution is 6.30. The average molecular weight is 277 g/mol. The van der Waals surface area contributed by atoms with E-state index in [1.54, 1.807) is 4.90 Å². The summed E-state index contributed by atoms with van der Waals surface area (Å²) in [5, 5.41) is 8.80. The van der Waals surface area contributed by atoms with E-state index in [0.717, 1.165) is 5.56 Å². The molecule has 0 aliphatic carbocycles. The van der Waals surface area contributed by atoms with E-state index in [9.17, 15) is 4.79 Å². The third-order valence-electron chi connectivity index (χ3n) is 3.29. The predicted octanol–water partition coefficient (Wildman–Crippen LogP) is 2.07. The first-order chi connectivity index (χ1) is 9.20. The second-order valence-electron chi connectivity index (χ2n) is 4.39. The summed E-state index contributed by atoms with van der Waals surface area (Å²) in [6.07, 6.45) is 0. The number of halogens is 1. The molecule has 0 radical (unpaired) electrons. The highest BCUT2D eigenvalue weighted by Gasteiger charge is 2.28. The lowest BCUT2D eigenvalue weighted by Crippen LogP contribution is -2.40. The minimum absolute atomic E-state index is 0.0606. The zero-order valence-electron chi connectivity index (χ0n) is 10.5. The number of aromatic nitrogens is 3. The SMILES string of the molecule is CCN1CCn2c(nnc2-c2cccc(Cl)c2)C1=O. The van der Waals surface area contributed by atoms with E-state index in [-0.39, 0.29) is 5.91 Å². The van der Waals surface area contributed by atoms with Crippen molar-refractivity contribution >= 4 is 17.5 Å². The molecule has 0 atom stereocenters. The Kier molecular flexibility index (Phi) is 2.98. The standard InChI is InChI=1S/C13H13ClN4O/c1-2-17-6-7-18-11(15-16-12(18)13(17)19)9-4-3-5-10(14)8-9/h3-5,8H,2,6-7H2,1H3. The average Bonchev–Trinajstić information content (AvgIpc) is 2.84. The second-order valence-corrected chi connectivity index (χ2v) is 4.83. The van der Waals surface area contributed by atoms with E-state index in [0.29, 0.717) is 36.3 Å². The van der Waals surface area contributed by atoms with Crippen molar-refractivity contribution in [1.82, 2.24) is 19.7 Å². The van der Waals surface area contributed by atoms with Crippen LogP contribution in [0.4, 0.5) is 0 Å². The number of fused-ring (bicyclic) bond motifs is 1. The molecule has 0 saturated carbocycles. The lowest BCUT2D eigenvalue weighted by Gasteiger charge is -2.26. The zero-order valence-corrected chi connectivity index (χ0v) is 11.3. The molecular formula is C13H13ClN4O. The number of rotatable bonds is 2. The molecule has 6 heteroatoms. The fourth-order valence-electron chi connectivity index (χ4n) is 2.28. The Labute approximate surface area is 115 Å². The normalized spacial score (nSPS) is 14.6. The molecule has 0 N–H and O–H groups in total. The maximum absolute atomic E-state index is 12.1. The second kappa shape index (κ2) is 4.66. The third kappa shape index (κ3) is 2.00. The van der Waals surface area contributed by atoms with E-state index in [1.807, 2.05) is 35.8 Å². The molecule has 1 aliphatic rings. The molecular weight excluding hydrogens is 264 g/mol. The molecule has 1 aromatic carbocycles. The van der Waals surface area contributed by atoms with E-state index >= 15 is 0 Å². The topological polar surface area (TPSA) is 51.0 Å². The van der Waals surface area contributed by atoms with Crippen molar-refractivity contribution in [3.8, 4) is 11.4 Å². The molecule has 0 spiro atoms. The van der Waals surface area contributed by atoms with Crippen LogP contribution in [-0.4, -0.2) is 38.7 Å². The predicted molar refractivity (Wildman–Crippen MR) is 72.0 cm³/mol. The Hall–Kier alpha value is -1.88. The van der Waals surface area contributed by atoms with Gasteiger partial charge in [0, 0.05) is 30.2 Å². The number of likely N-dealkylation sites (N-methyl/N-ethyl adjacent to an activating group) is 1. The molecule has 1 amide bonds. The van der Waals surface area contributed by atoms with Crippen LogP contribution in [0.1, 0.15) is 17.5 Å². The first-order valence-electron chi connectivity index (χ1n) is 6.19. The van der Waals surface area contributed by atoms with Crippen LogP contribution in [-0.2, 0) is 6.54 Å². The number of hydrogen-bond acceptors (Lipinski definition) is 3. The Morgan fingerprint density at radius 1 is 1.26 bits per heavy atom. The van der Waals surface area contributed by atoms with Gasteiger partial charge in [-0.2, -0.15) is 0 Å². The fraction of sp³-hybridized carbons (Fsp3) is 0.308. The van der Waals surface area contributed by atoms with Gasteiger partial charge in [-0.05, 0) is 19.1 Å². The number of hydrogen-bond donors (Lipinski definition) is 0. The number of carbonyl (C=O) groups is 1. The molecule has 0 fully saturated rings. The van der Waals surface area contributed by atoms with Crippen LogP contribution in [0.3, 0.4) is 0 Å². The minimum Gasteiger partial charge on any atom is -0.334 e. The van der Waals surface area contributed by atoms with Crippen molar-refractivity contribution in [3.63, 3.8) is 0 Å². The summed E-state index contributed by atoms with van der Waals surface area (Å²) in [5.74, 6) is 1.04. The monoisotopic (exact) mass is 276 g/mol. The number of carbonyl (C=O) groups excluding carboxylic acids is 1. The van der Waals surface area contributed by atoms with Gasteiger partial charge in [-0.15, -0.1) is 10.2 Å². The van der Waals surface area contributed by atoms with E-state index in [2.05, 4.69) is 10.2 Å². The molecule has 0 unspecified atom stereocenters. The quantitative estimate of drug-likeness (QED) is 0.844. The van der Waals surface area contributed by atoms with Crippen LogP contribution >= 0.6 is 11.6 Å². The largest absolute Gasteiger partial charge is 0.334 e. The first kappa shape index (κ1) is 12.2. The maximum Gasteiger partial charge on any atom is 0.291 e. The summed E-state index contributed by atoms with van der Waals surface area (Å²) in [4.78, 5) is 13.9. The van der Waals surface area contributed by atoms with Gasteiger partial charge in [0.25, 0.3) is 5.91 Å². The Bertz CT molecular complexity index is 637. The van der Waals surface area contributed by atoms with Gasteiger partial charge in [0.05, 0.1) is 0 Å². The summed E-state index contributed by atoms with van der Waals surface area (Å²) in [5.41, 5.74) is 0.879. The van der Waals surface area contributed by atoms with Gasteiger partial charge in [0.15, 0.2) is 5.82 Å². The van der Waals surface area contributed by atoms with E-state index in [4.69, 9.17) is 11.6 Å². The van der Waals surface area contributed by atoms with Crippen LogP contribution in [0.15, 0.2) is 24.3 Å². The van der Waals surface area contributed by atoms with Gasteiger partial charge < -0.3 is 9.47 Å². The van der Waals surface area contributed by atoms with Gasteiger partial charge in [-0.1, -0.05) is 23.7 Å². The van der Waals surface area contributed by atoms with Crippen molar-refractivity contribution in [1.29, 1.82) is 0 Å². The molecule has 1 aromatic heterocycles. The van der Waals surface area contributed by atoms with Crippen LogP contribution in [0, 0.1) is 0 Å². The summed E-state index contributed by atoms with van der Waals surface area (Å²) >= 11 is 5.99. The van der Waals surface area contributed by atoms with Crippen LogP contribution < -0.4 is 0 Å². The molecule has 5 nitrogen and oxygen atoms in total. The Morgan fingerprint density at radius 2 is 2.05 bits per heavy atom. The van der Waals surface area contributed by atoms with Crippen molar-refractivity contribution in [2.45, 2.75) is 13.5 Å². The van der Waals surface area contributed by atoms with E-state index in [1.165, 1.54) is 0 Å². The molecule has 0 saturated heterocycles. The van der Waals surface area contributed by atoms with Gasteiger partial charge >= 0.3 is 0 Å². The smallest absolute Gasteiger partial charge is 0.291 e. The first-order valence-corrected chi connectivity index (χ1v) is 6.57. The molecule has 19 heavy (non-hydrogen) atoms. The van der Waals surface area contributed by atoms with Crippen molar-refractivity contribution in [2.24, 2.45) is 0 Å². The van der Waals surface area contributed by atoms with Gasteiger partial charge in [-0.25, -0.2) is 0 Å². The summed E-state index contributed by atoms with van der Waals surface area (Å²) in [7, 11) is 0. The molecule has 2 heterocycles. The highest BCUT2D eigenvalue weighted by Crippen LogP contribution is 2.23. The highest BCUT2D eigenvalue weighted by atomic mass is 35.5. The van der Waals surface area contributed by atoms with Gasteiger partial charge in [0.1, 0.15) is 0 Å². The van der Waals surface area contributed by atoms with Crippen LogP contribution in [0.25, 0.3) is 11.4 Å². The number of amides is 1. The molecule has 0 bridgehead atoms. The van der Waals surface area contributed by atoms with Gasteiger partial charge in [-0.3, -0.25) is 4.79 Å². The lowest BCUT2D eigenvalue weighted by atomic mass is 10.2. The van der Waals surface area contributed by atoms with E-state index < -0.39 is 0 Å². The molecule has 98 valence electrons. The van der Waals surface area contributed by atoms with Crippen molar-refractivity contribution < 1.29 is 4.79 Å². The number of benzene rings is 1. The summed E-state index contributed by atoms with van der Waals surface area (Å²) in [6.45, 7) is 4.05. The Balaban J connectivity index is 2.06. The molecule has 2 aromatic rings. The van der Waals surface area contributed by atoms with Crippen molar-refractivity contribution in [2.75, 3.05) is 13.1 Å². The third-order valence-corrected chi connectivity index (χ3v) is 3.52. The zero-order chi connectivity index (χ0) is 13.4. The van der Waals surface area contributed by atoms with Crippen LogP contribution in [0.5, 0.6) is 0 Å². The molecule has 3 rings (SSSR count). The van der Waals surface area contributed by atoms with Crippen molar-refractivity contribution in [3.05, 3.63) is 35.1 Å². The maximum atomic E-state index is 12.1. The fourth-order valence-corrected chi connectivity index (χ4v) is 2.47. The minimum atomic E-state index is -0.0606. The summed E-state index contributed by atoms with van der Waals surface area (Å²) < 4.78 is 1.86. The summed E-state index contributed by atoms with van der Waals surface area (Å²) in [6, 6.07) is 7.42. The lowest BCUT2D eigenvalue weighted by molar-refractivity contribution is 0.0707. The number of nitrogens with zero attached hydrogens (tertiary/aromatic N) is 4. The Morgan fingerprint density at radius 3 is 2.79 bits per heavy atom.